The largest absolute Gasteiger partial charge is 0.491 e. The molecule has 0 bridgehead atoms. The molecule has 3 heterocycles. The summed E-state index contributed by atoms with van der Waals surface area (Å²) in [4.78, 5) is 18.8. The Balaban J connectivity index is 1.40. The normalized spacial score (nSPS) is 17.5. The van der Waals surface area contributed by atoms with Crippen LogP contribution in [0.1, 0.15) is 39.9 Å². The van der Waals surface area contributed by atoms with Crippen molar-refractivity contribution in [3.8, 4) is 5.75 Å². The predicted molar refractivity (Wildman–Crippen MR) is 124 cm³/mol. The molecule has 6 nitrogen and oxygen atoms in total. The van der Waals surface area contributed by atoms with Gasteiger partial charge in [0.2, 0.25) is 0 Å². The number of pyridine rings is 1. The van der Waals surface area contributed by atoms with Crippen LogP contribution in [0.3, 0.4) is 0 Å². The van der Waals surface area contributed by atoms with Crippen molar-refractivity contribution in [3.05, 3.63) is 83.2 Å². The number of hydrogen-bond acceptors (Lipinski definition) is 5. The maximum Gasteiger partial charge on any atom is 0.416 e. The molecule has 35 heavy (non-hydrogen) atoms. The number of amides is 1. The summed E-state index contributed by atoms with van der Waals surface area (Å²) in [5.41, 5.74) is 2.11. The number of ether oxygens (including phenoxy) is 2. The number of halogens is 3. The van der Waals surface area contributed by atoms with Crippen LogP contribution in [0.2, 0.25) is 0 Å². The van der Waals surface area contributed by atoms with E-state index in [4.69, 9.17) is 9.47 Å². The number of carbonyl (C=O) groups excluding carboxylic acids is 1. The van der Waals surface area contributed by atoms with Gasteiger partial charge in [0.1, 0.15) is 12.4 Å². The van der Waals surface area contributed by atoms with E-state index in [1.807, 2.05) is 24.3 Å². The Labute approximate surface area is 200 Å². The van der Waals surface area contributed by atoms with E-state index >= 15 is 0 Å². The van der Waals surface area contributed by atoms with Crippen LogP contribution in [0.25, 0.3) is 0 Å². The maximum atomic E-state index is 13.7. The number of nitrogens with zero attached hydrogens (tertiary/aromatic N) is 2. The van der Waals surface area contributed by atoms with Crippen molar-refractivity contribution in [3.63, 3.8) is 0 Å². The second-order valence-electron chi connectivity index (χ2n) is 8.60. The van der Waals surface area contributed by atoms with Crippen molar-refractivity contribution < 1.29 is 27.4 Å². The highest BCUT2D eigenvalue weighted by Gasteiger charge is 2.35. The Kier molecular flexibility index (Phi) is 6.34. The van der Waals surface area contributed by atoms with E-state index in [9.17, 15) is 18.0 Å². The molecule has 1 N–H and O–H groups in total. The SMILES string of the molecule is O=C1c2c(cccc2NCc2ccncc2)CN1c1cc(OCC2CCCO2)cc(C(F)(F)F)c1. The number of hydrogen-bond donors (Lipinski definition) is 1. The maximum absolute atomic E-state index is 13.7. The number of alkyl halides is 3. The second kappa shape index (κ2) is 9.58. The van der Waals surface area contributed by atoms with Crippen LogP contribution >= 0.6 is 0 Å². The summed E-state index contributed by atoms with van der Waals surface area (Å²) in [6.45, 7) is 1.44. The van der Waals surface area contributed by atoms with Gasteiger partial charge >= 0.3 is 6.18 Å². The molecule has 2 aliphatic heterocycles. The summed E-state index contributed by atoms with van der Waals surface area (Å²) in [7, 11) is 0. The summed E-state index contributed by atoms with van der Waals surface area (Å²) in [5, 5.41) is 3.27. The minimum Gasteiger partial charge on any atom is -0.491 e. The number of rotatable bonds is 7. The number of nitrogens with one attached hydrogen (secondary N) is 1. The van der Waals surface area contributed by atoms with E-state index in [-0.39, 0.29) is 36.6 Å². The molecular formula is C26H24F3N3O3. The Bertz CT molecular complexity index is 1210. The van der Waals surface area contributed by atoms with Crippen LogP contribution in [0.15, 0.2) is 60.9 Å². The number of benzene rings is 2. The average molecular weight is 483 g/mol. The molecule has 1 aromatic heterocycles. The third kappa shape index (κ3) is 5.09. The minimum absolute atomic E-state index is 0.0603. The zero-order valence-electron chi connectivity index (χ0n) is 18.8. The van der Waals surface area contributed by atoms with Gasteiger partial charge in [0.15, 0.2) is 0 Å². The fourth-order valence-electron chi connectivity index (χ4n) is 4.37. The molecule has 5 rings (SSSR count). The van der Waals surface area contributed by atoms with Crippen molar-refractivity contribution in [2.24, 2.45) is 0 Å². The van der Waals surface area contributed by atoms with Gasteiger partial charge in [0.25, 0.3) is 5.91 Å². The summed E-state index contributed by atoms with van der Waals surface area (Å²) in [6.07, 6.45) is 0.364. The molecule has 0 spiro atoms. The van der Waals surface area contributed by atoms with Crippen LogP contribution in [0, 0.1) is 0 Å². The molecule has 0 aliphatic carbocycles. The molecular weight excluding hydrogens is 459 g/mol. The Hall–Kier alpha value is -3.59. The second-order valence-corrected chi connectivity index (χ2v) is 8.60. The lowest BCUT2D eigenvalue weighted by Crippen LogP contribution is -2.24. The highest BCUT2D eigenvalue weighted by atomic mass is 19.4. The van der Waals surface area contributed by atoms with Gasteiger partial charge in [-0.2, -0.15) is 13.2 Å². The Morgan fingerprint density at radius 2 is 1.97 bits per heavy atom. The quantitative estimate of drug-likeness (QED) is 0.486. The van der Waals surface area contributed by atoms with Gasteiger partial charge < -0.3 is 19.7 Å². The highest BCUT2D eigenvalue weighted by molar-refractivity contribution is 6.13. The zero-order valence-corrected chi connectivity index (χ0v) is 18.8. The number of anilines is 2. The summed E-state index contributed by atoms with van der Waals surface area (Å²) in [5.74, 6) is -0.299. The van der Waals surface area contributed by atoms with Gasteiger partial charge in [-0.1, -0.05) is 12.1 Å². The molecule has 0 saturated carbocycles. The van der Waals surface area contributed by atoms with Crippen molar-refractivity contribution in [2.45, 2.75) is 38.2 Å². The number of fused-ring (bicyclic) bond motifs is 1. The van der Waals surface area contributed by atoms with Crippen LogP contribution in [0.5, 0.6) is 5.75 Å². The standard InChI is InChI=1S/C26H24F3N3O3/c27-26(28,29)19-11-20(13-22(12-19)35-16-21-4-2-10-34-21)32-15-18-3-1-5-23(24(18)25(32)33)31-14-17-6-8-30-9-7-17/h1,3,5-9,11-13,21,31H,2,4,10,14-16H2. The Morgan fingerprint density at radius 1 is 1.14 bits per heavy atom. The summed E-state index contributed by atoms with van der Waals surface area (Å²) >= 11 is 0. The number of carbonyl (C=O) groups is 1. The van der Waals surface area contributed by atoms with E-state index in [0.29, 0.717) is 24.4 Å². The first kappa shape index (κ1) is 23.2. The minimum atomic E-state index is -4.58. The predicted octanol–water partition coefficient (Wildman–Crippen LogP) is 5.43. The van der Waals surface area contributed by atoms with Gasteiger partial charge in [0.05, 0.1) is 23.8 Å². The van der Waals surface area contributed by atoms with Gasteiger partial charge in [-0.05, 0) is 54.3 Å². The van der Waals surface area contributed by atoms with Crippen LogP contribution < -0.4 is 15.0 Å². The Morgan fingerprint density at radius 3 is 2.71 bits per heavy atom. The van der Waals surface area contributed by atoms with E-state index in [0.717, 1.165) is 36.1 Å². The molecule has 2 aromatic carbocycles. The molecule has 0 radical (unpaired) electrons. The van der Waals surface area contributed by atoms with Crippen LogP contribution in [0.4, 0.5) is 24.5 Å². The van der Waals surface area contributed by atoms with Crippen molar-refractivity contribution in [1.29, 1.82) is 0 Å². The molecule has 1 saturated heterocycles. The first-order valence-corrected chi connectivity index (χ1v) is 11.4. The molecule has 182 valence electrons. The van der Waals surface area contributed by atoms with Gasteiger partial charge in [-0.3, -0.25) is 9.78 Å². The lowest BCUT2D eigenvalue weighted by Gasteiger charge is -2.20. The van der Waals surface area contributed by atoms with E-state index in [2.05, 4.69) is 10.3 Å². The molecule has 1 unspecified atom stereocenters. The smallest absolute Gasteiger partial charge is 0.416 e. The first-order chi connectivity index (χ1) is 16.9. The third-order valence-electron chi connectivity index (χ3n) is 6.16. The third-order valence-corrected chi connectivity index (χ3v) is 6.16. The van der Waals surface area contributed by atoms with E-state index < -0.39 is 11.7 Å². The summed E-state index contributed by atoms with van der Waals surface area (Å²) < 4.78 is 52.2. The number of aromatic nitrogens is 1. The summed E-state index contributed by atoms with van der Waals surface area (Å²) in [6, 6.07) is 12.6. The lowest BCUT2D eigenvalue weighted by atomic mass is 10.1. The molecule has 1 amide bonds. The van der Waals surface area contributed by atoms with Crippen molar-refractivity contribution in [2.75, 3.05) is 23.4 Å². The topological polar surface area (TPSA) is 63.7 Å². The molecule has 2 aliphatic rings. The molecule has 3 aromatic rings. The first-order valence-electron chi connectivity index (χ1n) is 11.4. The monoisotopic (exact) mass is 483 g/mol. The fraction of sp³-hybridized carbons (Fsp3) is 0.308. The van der Waals surface area contributed by atoms with Crippen molar-refractivity contribution in [1.82, 2.24) is 4.98 Å². The lowest BCUT2D eigenvalue weighted by molar-refractivity contribution is -0.137. The van der Waals surface area contributed by atoms with Gasteiger partial charge in [-0.25, -0.2) is 0 Å². The zero-order chi connectivity index (χ0) is 24.4. The van der Waals surface area contributed by atoms with E-state index in [1.54, 1.807) is 18.5 Å². The van der Waals surface area contributed by atoms with Gasteiger partial charge in [0, 0.05) is 43.0 Å². The average Bonchev–Trinajstić information content (AvgIpc) is 3.49. The van der Waals surface area contributed by atoms with E-state index in [1.165, 1.54) is 11.0 Å². The van der Waals surface area contributed by atoms with Crippen molar-refractivity contribution >= 4 is 17.3 Å². The van der Waals surface area contributed by atoms with Crippen LogP contribution in [-0.4, -0.2) is 30.2 Å². The van der Waals surface area contributed by atoms with Crippen LogP contribution in [-0.2, 0) is 24.0 Å². The fourth-order valence-corrected chi connectivity index (χ4v) is 4.37. The molecule has 1 fully saturated rings. The molecule has 9 heteroatoms. The highest BCUT2D eigenvalue weighted by Crippen LogP contribution is 2.39. The van der Waals surface area contributed by atoms with Gasteiger partial charge in [-0.15, -0.1) is 0 Å². The molecule has 1 atom stereocenters.